The molecule has 0 aromatic heterocycles. The van der Waals surface area contributed by atoms with E-state index >= 15 is 0 Å². The molecule has 0 spiro atoms. The molecule has 0 saturated carbocycles. The quantitative estimate of drug-likeness (QED) is 0.772. The lowest BCUT2D eigenvalue weighted by Gasteiger charge is -2.36. The van der Waals surface area contributed by atoms with Gasteiger partial charge in [-0.25, -0.2) is 0 Å². The van der Waals surface area contributed by atoms with Gasteiger partial charge in [-0.1, -0.05) is 30.3 Å². The van der Waals surface area contributed by atoms with Gasteiger partial charge >= 0.3 is 0 Å². The summed E-state index contributed by atoms with van der Waals surface area (Å²) < 4.78 is 1.13. The van der Waals surface area contributed by atoms with E-state index in [4.69, 9.17) is 0 Å². The van der Waals surface area contributed by atoms with Crippen LogP contribution in [-0.2, 0) is 4.79 Å². The Kier molecular flexibility index (Phi) is 5.38. The van der Waals surface area contributed by atoms with Crippen LogP contribution in [0.1, 0.15) is 0 Å². The summed E-state index contributed by atoms with van der Waals surface area (Å²) in [6, 6.07) is 18.4. The van der Waals surface area contributed by atoms with Crippen LogP contribution in [0.15, 0.2) is 54.6 Å². The number of para-hydroxylation sites is 2. The Hall–Kier alpha value is -1.76. The minimum atomic E-state index is 0.164. The van der Waals surface area contributed by atoms with Crippen molar-refractivity contribution in [2.24, 2.45) is 0 Å². The highest BCUT2D eigenvalue weighted by Crippen LogP contribution is 2.18. The van der Waals surface area contributed by atoms with E-state index in [-0.39, 0.29) is 5.91 Å². The number of amides is 1. The van der Waals surface area contributed by atoms with Crippen molar-refractivity contribution in [3.8, 4) is 0 Å². The number of carbonyl (C=O) groups excluding carboxylic acids is 1. The summed E-state index contributed by atoms with van der Waals surface area (Å²) >= 11 is 2.28. The van der Waals surface area contributed by atoms with Gasteiger partial charge in [0.15, 0.2) is 0 Å². The summed E-state index contributed by atoms with van der Waals surface area (Å²) in [4.78, 5) is 16.6. The SMILES string of the molecule is O=C(CNc1ccccc1I)N1CCN(c2ccccc2)CC1. The van der Waals surface area contributed by atoms with Gasteiger partial charge in [0.05, 0.1) is 6.54 Å². The van der Waals surface area contributed by atoms with Crippen LogP contribution < -0.4 is 10.2 Å². The molecule has 4 nitrogen and oxygen atoms in total. The minimum absolute atomic E-state index is 0.164. The molecular formula is C18H20IN3O. The lowest BCUT2D eigenvalue weighted by atomic mass is 10.2. The summed E-state index contributed by atoms with van der Waals surface area (Å²) in [5, 5.41) is 3.24. The molecule has 3 rings (SSSR count). The molecule has 1 amide bonds. The molecule has 0 unspecified atom stereocenters. The van der Waals surface area contributed by atoms with Crippen molar-refractivity contribution >= 4 is 39.9 Å². The van der Waals surface area contributed by atoms with Crippen molar-refractivity contribution in [2.75, 3.05) is 42.9 Å². The zero-order valence-electron chi connectivity index (χ0n) is 12.9. The molecule has 1 fully saturated rings. The Morgan fingerprint density at radius 2 is 1.61 bits per heavy atom. The van der Waals surface area contributed by atoms with E-state index in [1.54, 1.807) is 0 Å². The lowest BCUT2D eigenvalue weighted by Crippen LogP contribution is -2.50. The number of nitrogens with zero attached hydrogens (tertiary/aromatic N) is 2. The molecule has 0 atom stereocenters. The molecule has 0 radical (unpaired) electrons. The molecule has 0 bridgehead atoms. The second-order valence-electron chi connectivity index (χ2n) is 5.54. The van der Waals surface area contributed by atoms with Crippen molar-refractivity contribution in [1.82, 2.24) is 4.90 Å². The summed E-state index contributed by atoms with van der Waals surface area (Å²) in [5.41, 5.74) is 2.25. The van der Waals surface area contributed by atoms with E-state index in [0.29, 0.717) is 6.54 Å². The van der Waals surface area contributed by atoms with Gasteiger partial charge in [0.2, 0.25) is 5.91 Å². The fourth-order valence-corrected chi connectivity index (χ4v) is 3.32. The van der Waals surface area contributed by atoms with Crippen LogP contribution in [0.2, 0.25) is 0 Å². The molecule has 5 heteroatoms. The molecule has 1 aliphatic heterocycles. The van der Waals surface area contributed by atoms with Gasteiger partial charge in [0.1, 0.15) is 0 Å². The molecule has 23 heavy (non-hydrogen) atoms. The Morgan fingerprint density at radius 1 is 0.957 bits per heavy atom. The topological polar surface area (TPSA) is 35.6 Å². The van der Waals surface area contributed by atoms with E-state index < -0.39 is 0 Å². The number of anilines is 2. The number of rotatable bonds is 4. The van der Waals surface area contributed by atoms with E-state index in [0.717, 1.165) is 35.4 Å². The third-order valence-electron chi connectivity index (χ3n) is 4.06. The average Bonchev–Trinajstić information content (AvgIpc) is 2.62. The van der Waals surface area contributed by atoms with Gasteiger partial charge < -0.3 is 15.1 Å². The number of halogens is 1. The van der Waals surface area contributed by atoms with Gasteiger partial charge in [-0.2, -0.15) is 0 Å². The minimum Gasteiger partial charge on any atom is -0.375 e. The Bertz CT molecular complexity index is 654. The monoisotopic (exact) mass is 421 g/mol. The highest BCUT2D eigenvalue weighted by Gasteiger charge is 2.20. The number of nitrogens with one attached hydrogen (secondary N) is 1. The Balaban J connectivity index is 1.50. The van der Waals surface area contributed by atoms with Gasteiger partial charge in [0.25, 0.3) is 0 Å². The number of hydrogen-bond donors (Lipinski definition) is 1. The highest BCUT2D eigenvalue weighted by atomic mass is 127. The van der Waals surface area contributed by atoms with Crippen molar-refractivity contribution in [3.63, 3.8) is 0 Å². The first-order valence-electron chi connectivity index (χ1n) is 7.80. The second kappa shape index (κ2) is 7.68. The molecule has 1 aliphatic rings. The molecule has 1 saturated heterocycles. The molecular weight excluding hydrogens is 401 g/mol. The number of benzene rings is 2. The molecule has 120 valence electrons. The predicted octanol–water partition coefficient (Wildman–Crippen LogP) is 3.05. The summed E-state index contributed by atoms with van der Waals surface area (Å²) in [7, 11) is 0. The predicted molar refractivity (Wildman–Crippen MR) is 103 cm³/mol. The second-order valence-corrected chi connectivity index (χ2v) is 6.70. The normalized spacial score (nSPS) is 14.7. The fraction of sp³-hybridized carbons (Fsp3) is 0.278. The molecule has 0 aliphatic carbocycles. The van der Waals surface area contributed by atoms with Crippen LogP contribution in [0.3, 0.4) is 0 Å². The smallest absolute Gasteiger partial charge is 0.241 e. The zero-order valence-corrected chi connectivity index (χ0v) is 15.1. The van der Waals surface area contributed by atoms with Crippen LogP contribution in [0.5, 0.6) is 0 Å². The maximum atomic E-state index is 12.4. The van der Waals surface area contributed by atoms with E-state index in [1.807, 2.05) is 35.2 Å². The van der Waals surface area contributed by atoms with Gasteiger partial charge in [-0.15, -0.1) is 0 Å². The van der Waals surface area contributed by atoms with Crippen LogP contribution in [0.4, 0.5) is 11.4 Å². The highest BCUT2D eigenvalue weighted by molar-refractivity contribution is 14.1. The Morgan fingerprint density at radius 3 is 2.30 bits per heavy atom. The zero-order chi connectivity index (χ0) is 16.1. The third kappa shape index (κ3) is 4.16. The summed E-state index contributed by atoms with van der Waals surface area (Å²) in [6.45, 7) is 3.69. The van der Waals surface area contributed by atoms with Crippen LogP contribution in [-0.4, -0.2) is 43.5 Å². The molecule has 2 aromatic carbocycles. The van der Waals surface area contributed by atoms with Gasteiger partial charge in [-0.05, 0) is 46.9 Å². The van der Waals surface area contributed by atoms with Crippen molar-refractivity contribution in [2.45, 2.75) is 0 Å². The van der Waals surface area contributed by atoms with Gasteiger partial charge in [0, 0.05) is 41.1 Å². The largest absolute Gasteiger partial charge is 0.375 e. The van der Waals surface area contributed by atoms with Crippen molar-refractivity contribution < 1.29 is 4.79 Å². The Labute approximate surface area is 150 Å². The first-order valence-corrected chi connectivity index (χ1v) is 8.88. The summed E-state index contributed by atoms with van der Waals surface area (Å²) in [5.74, 6) is 0.164. The third-order valence-corrected chi connectivity index (χ3v) is 5.00. The van der Waals surface area contributed by atoms with E-state index in [9.17, 15) is 4.79 Å². The first kappa shape index (κ1) is 16.1. The lowest BCUT2D eigenvalue weighted by molar-refractivity contribution is -0.129. The first-order chi connectivity index (χ1) is 11.2. The maximum Gasteiger partial charge on any atom is 0.241 e. The van der Waals surface area contributed by atoms with E-state index in [2.05, 4.69) is 57.1 Å². The molecule has 1 N–H and O–H groups in total. The van der Waals surface area contributed by atoms with Crippen molar-refractivity contribution in [3.05, 3.63) is 58.2 Å². The van der Waals surface area contributed by atoms with Crippen LogP contribution in [0.25, 0.3) is 0 Å². The fourth-order valence-electron chi connectivity index (χ4n) is 2.74. The van der Waals surface area contributed by atoms with Crippen LogP contribution >= 0.6 is 22.6 Å². The number of piperazine rings is 1. The molecule has 2 aromatic rings. The number of hydrogen-bond acceptors (Lipinski definition) is 3. The molecule has 1 heterocycles. The standard InChI is InChI=1S/C18H20IN3O/c19-16-8-4-5-9-17(16)20-14-18(23)22-12-10-21(11-13-22)15-6-2-1-3-7-15/h1-9,20H,10-14H2. The number of carbonyl (C=O) groups is 1. The van der Waals surface area contributed by atoms with Crippen LogP contribution in [0, 0.1) is 3.57 Å². The van der Waals surface area contributed by atoms with Crippen molar-refractivity contribution in [1.29, 1.82) is 0 Å². The summed E-state index contributed by atoms with van der Waals surface area (Å²) in [6.07, 6.45) is 0. The average molecular weight is 421 g/mol. The maximum absolute atomic E-state index is 12.4. The van der Waals surface area contributed by atoms with Gasteiger partial charge in [-0.3, -0.25) is 4.79 Å². The van der Waals surface area contributed by atoms with E-state index in [1.165, 1.54) is 5.69 Å².